The molecule has 2 N–H and O–H groups in total. The lowest BCUT2D eigenvalue weighted by Crippen LogP contribution is -2.49. The lowest BCUT2D eigenvalue weighted by Gasteiger charge is -2.27. The van der Waals surface area contributed by atoms with Crippen molar-refractivity contribution in [3.05, 3.63) is 48.0 Å². The lowest BCUT2D eigenvalue weighted by molar-refractivity contribution is -0.142. The summed E-state index contributed by atoms with van der Waals surface area (Å²) < 4.78 is 0. The van der Waals surface area contributed by atoms with Crippen LogP contribution in [-0.2, 0) is 4.79 Å². The Bertz CT molecular complexity index is 680. The predicted molar refractivity (Wildman–Crippen MR) is 82.3 cm³/mol. The summed E-state index contributed by atoms with van der Waals surface area (Å²) in [6.45, 7) is 5.36. The smallest absolute Gasteiger partial charge is 0.326 e. The van der Waals surface area contributed by atoms with Gasteiger partial charge in [-0.05, 0) is 22.3 Å². The number of carbonyl (C=O) groups excluding carboxylic acids is 1. The molecule has 0 fully saturated rings. The average molecular weight is 285 g/mol. The summed E-state index contributed by atoms with van der Waals surface area (Å²) in [6.07, 6.45) is 0. The topological polar surface area (TPSA) is 66.4 Å². The first-order valence-electron chi connectivity index (χ1n) is 6.82. The Morgan fingerprint density at radius 3 is 2.29 bits per heavy atom. The fourth-order valence-electron chi connectivity index (χ4n) is 2.28. The van der Waals surface area contributed by atoms with Crippen LogP contribution in [-0.4, -0.2) is 23.0 Å². The van der Waals surface area contributed by atoms with Crippen LogP contribution in [0.25, 0.3) is 10.8 Å². The molecule has 0 saturated carbocycles. The van der Waals surface area contributed by atoms with Gasteiger partial charge in [0.2, 0.25) is 0 Å². The van der Waals surface area contributed by atoms with Gasteiger partial charge in [-0.25, -0.2) is 4.79 Å². The molecule has 4 heteroatoms. The molecule has 0 aliphatic heterocycles. The SMILES string of the molecule is CC(C)(C)C(NC(=O)c1cccc2ccccc12)C(=O)O. The summed E-state index contributed by atoms with van der Waals surface area (Å²) >= 11 is 0. The number of benzene rings is 2. The second-order valence-electron chi connectivity index (χ2n) is 6.14. The summed E-state index contributed by atoms with van der Waals surface area (Å²) in [4.78, 5) is 23.8. The van der Waals surface area contributed by atoms with Crippen LogP contribution in [0.2, 0.25) is 0 Å². The van der Waals surface area contributed by atoms with E-state index >= 15 is 0 Å². The second kappa shape index (κ2) is 5.56. The Morgan fingerprint density at radius 1 is 1.05 bits per heavy atom. The van der Waals surface area contributed by atoms with Crippen LogP contribution in [0.3, 0.4) is 0 Å². The minimum atomic E-state index is -1.03. The van der Waals surface area contributed by atoms with Gasteiger partial charge in [0.15, 0.2) is 0 Å². The minimum absolute atomic E-state index is 0.367. The zero-order valence-electron chi connectivity index (χ0n) is 12.4. The van der Waals surface area contributed by atoms with Crippen LogP contribution >= 0.6 is 0 Å². The molecule has 0 radical (unpaired) electrons. The first kappa shape index (κ1) is 15.0. The van der Waals surface area contributed by atoms with Crippen LogP contribution in [0.15, 0.2) is 42.5 Å². The second-order valence-corrected chi connectivity index (χ2v) is 6.14. The Kier molecular flexibility index (Phi) is 3.98. The van der Waals surface area contributed by atoms with Crippen LogP contribution in [0, 0.1) is 5.41 Å². The number of carboxylic acids is 1. The molecular weight excluding hydrogens is 266 g/mol. The van der Waals surface area contributed by atoms with Gasteiger partial charge in [-0.2, -0.15) is 0 Å². The van der Waals surface area contributed by atoms with Gasteiger partial charge in [-0.15, -0.1) is 0 Å². The van der Waals surface area contributed by atoms with Crippen molar-refractivity contribution in [3.63, 3.8) is 0 Å². The van der Waals surface area contributed by atoms with Gasteiger partial charge in [0.05, 0.1) is 0 Å². The van der Waals surface area contributed by atoms with Gasteiger partial charge in [0.25, 0.3) is 5.91 Å². The van der Waals surface area contributed by atoms with Crippen molar-refractivity contribution in [2.45, 2.75) is 26.8 Å². The maximum Gasteiger partial charge on any atom is 0.326 e. The van der Waals surface area contributed by atoms with Crippen molar-refractivity contribution in [3.8, 4) is 0 Å². The Hall–Kier alpha value is -2.36. The first-order chi connectivity index (χ1) is 9.80. The van der Waals surface area contributed by atoms with E-state index in [-0.39, 0.29) is 5.91 Å². The van der Waals surface area contributed by atoms with Crippen molar-refractivity contribution in [2.24, 2.45) is 5.41 Å². The van der Waals surface area contributed by atoms with Gasteiger partial charge in [-0.3, -0.25) is 4.79 Å². The lowest BCUT2D eigenvalue weighted by atomic mass is 9.86. The van der Waals surface area contributed by atoms with E-state index in [2.05, 4.69) is 5.32 Å². The molecule has 0 spiro atoms. The number of aliphatic carboxylic acids is 1. The molecule has 21 heavy (non-hydrogen) atoms. The summed E-state index contributed by atoms with van der Waals surface area (Å²) in [5.41, 5.74) is -0.0740. The van der Waals surface area contributed by atoms with E-state index in [1.54, 1.807) is 32.9 Å². The van der Waals surface area contributed by atoms with Crippen molar-refractivity contribution in [2.75, 3.05) is 0 Å². The van der Waals surface area contributed by atoms with E-state index in [0.29, 0.717) is 5.56 Å². The molecular formula is C17H19NO3. The molecule has 4 nitrogen and oxygen atoms in total. The van der Waals surface area contributed by atoms with E-state index in [1.807, 2.05) is 30.3 Å². The molecule has 1 amide bonds. The Morgan fingerprint density at radius 2 is 1.67 bits per heavy atom. The van der Waals surface area contributed by atoms with Crippen molar-refractivity contribution < 1.29 is 14.7 Å². The zero-order valence-corrected chi connectivity index (χ0v) is 12.4. The summed E-state index contributed by atoms with van der Waals surface area (Å²) in [5.74, 6) is -1.40. The van der Waals surface area contributed by atoms with Crippen molar-refractivity contribution in [1.82, 2.24) is 5.32 Å². The molecule has 2 aromatic carbocycles. The number of amides is 1. The fraction of sp³-hybridized carbons (Fsp3) is 0.294. The summed E-state index contributed by atoms with van der Waals surface area (Å²) in [5, 5.41) is 13.7. The third-order valence-electron chi connectivity index (χ3n) is 3.42. The number of hydrogen-bond donors (Lipinski definition) is 2. The molecule has 1 atom stereocenters. The molecule has 0 bridgehead atoms. The van der Waals surface area contributed by atoms with Gasteiger partial charge in [0, 0.05) is 5.56 Å². The fourth-order valence-corrected chi connectivity index (χ4v) is 2.28. The normalized spacial score (nSPS) is 12.9. The highest BCUT2D eigenvalue weighted by atomic mass is 16.4. The average Bonchev–Trinajstić information content (AvgIpc) is 2.42. The highest BCUT2D eigenvalue weighted by molar-refractivity contribution is 6.07. The molecule has 0 aliphatic carbocycles. The van der Waals surface area contributed by atoms with E-state index in [9.17, 15) is 14.7 Å². The summed E-state index contributed by atoms with van der Waals surface area (Å²) in [7, 11) is 0. The Balaban J connectivity index is 2.37. The van der Waals surface area contributed by atoms with Crippen LogP contribution < -0.4 is 5.32 Å². The molecule has 110 valence electrons. The number of nitrogens with one attached hydrogen (secondary N) is 1. The van der Waals surface area contributed by atoms with Crippen LogP contribution in [0.1, 0.15) is 31.1 Å². The van der Waals surface area contributed by atoms with Crippen LogP contribution in [0.4, 0.5) is 0 Å². The number of carboxylic acid groups (broad SMARTS) is 1. The number of carbonyl (C=O) groups is 2. The third-order valence-corrected chi connectivity index (χ3v) is 3.42. The van der Waals surface area contributed by atoms with E-state index in [0.717, 1.165) is 10.8 Å². The number of fused-ring (bicyclic) bond motifs is 1. The first-order valence-corrected chi connectivity index (χ1v) is 6.82. The maximum atomic E-state index is 12.4. The quantitative estimate of drug-likeness (QED) is 0.910. The molecule has 0 aromatic heterocycles. The monoisotopic (exact) mass is 285 g/mol. The van der Waals surface area contributed by atoms with Crippen molar-refractivity contribution >= 4 is 22.6 Å². The van der Waals surface area contributed by atoms with Crippen molar-refractivity contribution in [1.29, 1.82) is 0 Å². The van der Waals surface area contributed by atoms with E-state index in [1.165, 1.54) is 0 Å². The third kappa shape index (κ3) is 3.21. The molecule has 2 rings (SSSR count). The van der Waals surface area contributed by atoms with Gasteiger partial charge in [0.1, 0.15) is 6.04 Å². The maximum absolute atomic E-state index is 12.4. The zero-order chi connectivity index (χ0) is 15.6. The standard InChI is InChI=1S/C17H19NO3/c1-17(2,3)14(16(20)21)18-15(19)13-10-6-8-11-7-4-5-9-12(11)13/h4-10,14H,1-3H3,(H,18,19)(H,20,21). The molecule has 2 aromatic rings. The highest BCUT2D eigenvalue weighted by Gasteiger charge is 2.33. The summed E-state index contributed by atoms with van der Waals surface area (Å²) in [6, 6.07) is 12.0. The van der Waals surface area contributed by atoms with E-state index < -0.39 is 17.4 Å². The highest BCUT2D eigenvalue weighted by Crippen LogP contribution is 2.22. The molecule has 0 heterocycles. The molecule has 0 aliphatic rings. The number of hydrogen-bond acceptors (Lipinski definition) is 2. The Labute approximate surface area is 123 Å². The predicted octanol–water partition coefficient (Wildman–Crippen LogP) is 3.07. The minimum Gasteiger partial charge on any atom is -0.480 e. The van der Waals surface area contributed by atoms with Gasteiger partial charge >= 0.3 is 5.97 Å². The number of rotatable bonds is 3. The van der Waals surface area contributed by atoms with Gasteiger partial charge < -0.3 is 10.4 Å². The van der Waals surface area contributed by atoms with Gasteiger partial charge in [-0.1, -0.05) is 57.2 Å². The molecule has 1 unspecified atom stereocenters. The van der Waals surface area contributed by atoms with Crippen LogP contribution in [0.5, 0.6) is 0 Å². The molecule has 0 saturated heterocycles. The van der Waals surface area contributed by atoms with E-state index in [4.69, 9.17) is 0 Å². The largest absolute Gasteiger partial charge is 0.480 e.